The molecule has 93 heavy (non-hydrogen) atoms. The van der Waals surface area contributed by atoms with Crippen molar-refractivity contribution in [3.63, 3.8) is 0 Å². The van der Waals surface area contributed by atoms with E-state index in [-0.39, 0.29) is 113 Å². The first kappa shape index (κ1) is 97.7. The zero-order valence-electron chi connectivity index (χ0n) is 59.6. The van der Waals surface area contributed by atoms with Crippen LogP contribution in [-0.4, -0.2) is 172 Å². The van der Waals surface area contributed by atoms with Crippen molar-refractivity contribution < 1.29 is 76.3 Å². The van der Waals surface area contributed by atoms with Gasteiger partial charge in [0.25, 0.3) is 0 Å². The van der Waals surface area contributed by atoms with Gasteiger partial charge in [-0.15, -0.1) is 24.0 Å². The zero-order chi connectivity index (χ0) is 70.9. The van der Waals surface area contributed by atoms with Crippen molar-refractivity contribution in [3.05, 3.63) is 0 Å². The number of esters is 3. The second-order valence-corrected chi connectivity index (χ2v) is 43.5. The summed E-state index contributed by atoms with van der Waals surface area (Å²) < 4.78 is 15.1. The third-order valence-corrected chi connectivity index (χ3v) is 16.6. The van der Waals surface area contributed by atoms with Gasteiger partial charge in [0, 0.05) is 72.5 Å². The van der Waals surface area contributed by atoms with Crippen LogP contribution in [0.4, 0.5) is 0 Å². The Labute approximate surface area is 632 Å². The number of carboxylic acids is 1. The summed E-state index contributed by atoms with van der Waals surface area (Å²) in [6.07, 6.45) is 21.5. The van der Waals surface area contributed by atoms with E-state index < -0.39 is 36.2 Å². The maximum atomic E-state index is 13.2. The number of ether oxygens (including phenoxy) is 3. The van der Waals surface area contributed by atoms with Crippen LogP contribution in [0.5, 0.6) is 0 Å². The predicted molar refractivity (Wildman–Crippen MR) is 415 cm³/mol. The van der Waals surface area contributed by atoms with Crippen molar-refractivity contribution in [2.24, 2.45) is 29.2 Å². The van der Waals surface area contributed by atoms with Crippen molar-refractivity contribution in [1.29, 1.82) is 0 Å². The molecule has 6 fully saturated rings. The second kappa shape index (κ2) is 55.2. The van der Waals surface area contributed by atoms with Gasteiger partial charge in [0.1, 0.15) is 36.6 Å². The fourth-order valence-electron chi connectivity index (χ4n) is 12.7. The number of ketones is 1. The minimum atomic E-state index is -0.935. The second-order valence-electron chi connectivity index (χ2n) is 27.3. The average molecular weight is 2000 g/mol. The summed E-state index contributed by atoms with van der Waals surface area (Å²) in [6.45, 7) is 33.3. The summed E-state index contributed by atoms with van der Waals surface area (Å²) >= 11 is 9.54. The van der Waals surface area contributed by atoms with Crippen molar-refractivity contribution in [2.75, 3.05) is 26.4 Å². The molecular formula is C66H127I6N8O13-. The molecule has 3 aliphatic heterocycles. The Balaban J connectivity index is -0.00000112. The molecule has 0 bridgehead atoms. The van der Waals surface area contributed by atoms with E-state index >= 15 is 0 Å². The summed E-state index contributed by atoms with van der Waals surface area (Å²) in [4.78, 5) is 92.7. The van der Waals surface area contributed by atoms with Gasteiger partial charge in [0.05, 0.1) is 44.0 Å². The van der Waals surface area contributed by atoms with Crippen molar-refractivity contribution in [3.8, 4) is 0 Å². The van der Waals surface area contributed by atoms with E-state index in [0.29, 0.717) is 64.7 Å². The number of nitrogens with two attached hydrogens (primary N) is 2. The number of fused-ring (bicyclic) bond motifs is 3. The number of hydrogen-bond acceptors (Lipinski definition) is 18. The molecule has 27 heteroatoms. The predicted octanol–water partition coefficient (Wildman–Crippen LogP) is 10.2. The quantitative estimate of drug-likeness (QED) is 0.0146. The molecule has 0 aromatic rings. The molecule has 6 aliphatic rings. The van der Waals surface area contributed by atoms with Crippen LogP contribution in [0.25, 0.3) is 0 Å². The van der Waals surface area contributed by atoms with Crippen molar-refractivity contribution >= 4 is 140 Å². The van der Waals surface area contributed by atoms with Crippen LogP contribution in [0, 0.1) is 17.8 Å². The molecule has 6 unspecified atom stereocenters. The number of carbonyl (C=O) groups excluding carboxylic acids is 6. The standard InChI is InChI=1S/C19H34N2O5.C19H32N2O5.C11H21NO3.C9H17N.2C4H11N.I3.I2.HI/c1-4-8-16(19(23)25-5-2)20-13(3)18(22)21-15(12-26-24)11-14-9-6-7-10-17(14)21;1-4-8-14(19(25)26-5-2)20-12(3)17(22)21-15-10-7-6-9-13(15)11-16(21)18(23)24;1-5-7-10(11(14)15-6-2)12-8(3)9(4)13;1-7-6-8-4-2-3-5-9(8)10-7;2*1-4(2,3)5;1-3-2;1-2;/h13-17,20,24H,4-12H2,1-3H3;12-16,20H,4-11H2,1-3H3,(H,23,24);8,10,12H,5-7H2,1-4H3;7-10H,2-6H2,1H3;2*5H2,1-3H3;;;1H/q;;;;;;-1;;/t13-,14?,15-,16+,17?;12-,13?,14+,15?,16-;8-,10+;7-,8?,9?;;;;;/m0001...../s1. The molecule has 0 aromatic heterocycles. The number of carboxylic acid groups (broad SMARTS) is 1. The Morgan fingerprint density at radius 2 is 0.914 bits per heavy atom. The molecule has 3 heterocycles. The van der Waals surface area contributed by atoms with Gasteiger partial charge in [0.15, 0.2) is 0 Å². The molecule has 0 radical (unpaired) electrons. The number of nitrogens with zero attached hydrogens (tertiary/aromatic N) is 2. The van der Waals surface area contributed by atoms with Crippen LogP contribution in [0.15, 0.2) is 0 Å². The van der Waals surface area contributed by atoms with Gasteiger partial charge in [0.2, 0.25) is 11.8 Å². The molecule has 6 rings (SSSR count). The van der Waals surface area contributed by atoms with E-state index in [1.165, 1.54) is 45.4 Å². The number of likely N-dealkylation sites (tertiary alicyclic amines) is 2. The molecule has 3 saturated carbocycles. The summed E-state index contributed by atoms with van der Waals surface area (Å²) in [5.41, 5.74) is 10.7. The number of hydrogen-bond donors (Lipinski definition) is 8. The Hall–Kier alpha value is 0.550. The first-order valence-corrected chi connectivity index (χ1v) is 52.9. The zero-order valence-corrected chi connectivity index (χ0v) is 72.7. The third kappa shape index (κ3) is 41.9. The number of nitrogens with one attached hydrogen (secondary N) is 4. The SMILES string of the molecule is CC(C)(C)N.CC(C)(C)N.CCC[C@@H](N[C@@H](C)C(=O)N1C2CCCCC2C[C@H]1C(=O)O)C(=O)OCC.CCC[C@@H](N[C@@H](C)C(=O)N1C2CCCCC2C[C@H]1COO)C(=O)OCC.CCC[C@@H](N[C@@H](C)C(C)=O)C(=O)OCC.C[C@@H]1CC2CCCCC2N1.I.II.I[I-]I. The molecule has 3 saturated heterocycles. The van der Waals surface area contributed by atoms with Crippen LogP contribution in [0.1, 0.15) is 253 Å². The molecule has 15 atom stereocenters. The van der Waals surface area contributed by atoms with Crippen LogP contribution in [-0.2, 0) is 52.7 Å². The van der Waals surface area contributed by atoms with Crippen molar-refractivity contribution in [1.82, 2.24) is 31.1 Å². The number of aliphatic carboxylic acids is 1. The van der Waals surface area contributed by atoms with Gasteiger partial charge >= 0.3 is 74.4 Å². The van der Waals surface area contributed by atoms with E-state index in [4.69, 9.17) is 30.9 Å². The minimum absolute atomic E-state index is 0. The molecule has 0 spiro atoms. The van der Waals surface area contributed by atoms with E-state index in [2.05, 4.69) is 108 Å². The Morgan fingerprint density at radius 3 is 1.26 bits per heavy atom. The Kier molecular flexibility index (Phi) is 58.0. The van der Waals surface area contributed by atoms with Crippen molar-refractivity contribution in [2.45, 2.75) is 336 Å². The van der Waals surface area contributed by atoms with E-state index in [1.54, 1.807) is 46.4 Å². The molecule has 0 aromatic carbocycles. The van der Waals surface area contributed by atoms with Crippen LogP contribution >= 0.6 is 98.4 Å². The van der Waals surface area contributed by atoms with Crippen LogP contribution < -0.4 is 46.0 Å². The summed E-state index contributed by atoms with van der Waals surface area (Å²) in [5, 5.41) is 31.4. The van der Waals surface area contributed by atoms with Crippen LogP contribution in [0.2, 0.25) is 0 Å². The van der Waals surface area contributed by atoms with E-state index in [0.717, 1.165) is 88.6 Å². The van der Waals surface area contributed by atoms with Gasteiger partial charge in [-0.2, -0.15) is 0 Å². The van der Waals surface area contributed by atoms with E-state index in [1.807, 2.05) is 67.2 Å². The molecule has 552 valence electrons. The van der Waals surface area contributed by atoms with Gasteiger partial charge in [-0.05, 0) is 192 Å². The first-order valence-electron chi connectivity index (χ1n) is 34.0. The van der Waals surface area contributed by atoms with Gasteiger partial charge < -0.3 is 45.9 Å². The van der Waals surface area contributed by atoms with E-state index in [9.17, 15) is 38.7 Å². The Morgan fingerprint density at radius 1 is 0.581 bits per heavy atom. The molecule has 3 aliphatic carbocycles. The average Bonchev–Trinajstić information content (AvgIpc) is 1.67. The normalized spacial score (nSPS) is 24.4. The number of carbonyl (C=O) groups is 7. The van der Waals surface area contributed by atoms with Gasteiger partial charge in [-0.3, -0.25) is 50.0 Å². The number of Topliss-reactive ketones (excluding diaryl/α,β-unsaturated/α-hetero) is 1. The summed E-state index contributed by atoms with van der Waals surface area (Å²) in [7, 11) is 0. The first-order chi connectivity index (χ1) is 43.2. The molecule has 2 amide bonds. The Bertz CT molecular complexity index is 2020. The molecule has 10 N–H and O–H groups in total. The fraction of sp³-hybridized carbons (Fsp3) is 0.894. The van der Waals surface area contributed by atoms with Crippen LogP contribution in [0.3, 0.4) is 0 Å². The topological polar surface area (TPSA) is 304 Å². The maximum absolute atomic E-state index is 13.2. The monoisotopic (exact) mass is 2000 g/mol. The van der Waals surface area contributed by atoms with Gasteiger partial charge in [-0.25, -0.2) is 9.68 Å². The molecule has 21 nitrogen and oxygen atoms in total. The molecular weight excluding hydrogens is 1870 g/mol. The van der Waals surface area contributed by atoms with Gasteiger partial charge in [-0.1, -0.05) is 78.6 Å². The summed E-state index contributed by atoms with van der Waals surface area (Å²) in [6, 6.07) is -1.75. The number of rotatable bonds is 24. The third-order valence-electron chi connectivity index (χ3n) is 16.6. The summed E-state index contributed by atoms with van der Waals surface area (Å²) in [5.74, 6) is -0.299. The number of halogens is 6. The fourth-order valence-corrected chi connectivity index (χ4v) is 12.7. The number of amides is 2.